The lowest BCUT2D eigenvalue weighted by atomic mass is 9.74. The van der Waals surface area contributed by atoms with E-state index in [1.165, 1.54) is 22.7 Å². The molecule has 3 fully saturated rings. The van der Waals surface area contributed by atoms with Crippen molar-refractivity contribution in [2.24, 2.45) is 13.0 Å². The summed E-state index contributed by atoms with van der Waals surface area (Å²) >= 11 is 0. The van der Waals surface area contributed by atoms with Crippen molar-refractivity contribution in [3.05, 3.63) is 54.2 Å². The van der Waals surface area contributed by atoms with Crippen LogP contribution in [0.2, 0.25) is 0 Å². The van der Waals surface area contributed by atoms with Gasteiger partial charge < -0.3 is 0 Å². The lowest BCUT2D eigenvalue weighted by Gasteiger charge is -2.49. The highest BCUT2D eigenvalue weighted by Crippen LogP contribution is 2.42. The minimum atomic E-state index is -3.15. The van der Waals surface area contributed by atoms with E-state index in [9.17, 15) is 8.42 Å². The summed E-state index contributed by atoms with van der Waals surface area (Å²) < 4.78 is 27.7. The van der Waals surface area contributed by atoms with E-state index in [2.05, 4.69) is 58.2 Å². The maximum absolute atomic E-state index is 11.5. The van der Waals surface area contributed by atoms with Crippen LogP contribution in [0, 0.1) is 5.92 Å². The minimum absolute atomic E-state index is 0.294. The Hall–Kier alpha value is -2.22. The average Bonchev–Trinajstić information content (AvgIpc) is 3.13. The molecule has 0 amide bonds. The van der Waals surface area contributed by atoms with Crippen LogP contribution in [0.15, 0.2) is 48.5 Å². The van der Waals surface area contributed by atoms with Crippen molar-refractivity contribution in [2.75, 3.05) is 25.9 Å². The molecule has 3 aromatic rings. The van der Waals surface area contributed by atoms with Gasteiger partial charge in [-0.1, -0.05) is 36.4 Å². The number of aromatic nitrogens is 2. The Balaban J connectivity index is 1.37. The van der Waals surface area contributed by atoms with Crippen LogP contribution in [0.25, 0.3) is 22.0 Å². The predicted molar refractivity (Wildman–Crippen MR) is 120 cm³/mol. The normalized spacial score (nSPS) is 26.3. The molecule has 3 aliphatic heterocycles. The first-order valence-corrected chi connectivity index (χ1v) is 12.5. The number of aryl methyl sites for hydroxylation is 1. The third-order valence-electron chi connectivity index (χ3n) is 6.80. The first-order valence-electron chi connectivity index (χ1n) is 10.6. The van der Waals surface area contributed by atoms with Crippen molar-refractivity contribution >= 4 is 20.8 Å². The van der Waals surface area contributed by atoms with Crippen molar-refractivity contribution < 1.29 is 8.42 Å². The quantitative estimate of drug-likeness (QED) is 0.684. The second-order valence-electron chi connectivity index (χ2n) is 8.80. The van der Waals surface area contributed by atoms with Gasteiger partial charge in [0.05, 0.1) is 11.9 Å². The van der Waals surface area contributed by atoms with Crippen LogP contribution in [0.5, 0.6) is 0 Å². The van der Waals surface area contributed by atoms with Crippen molar-refractivity contribution in [3.63, 3.8) is 0 Å². The van der Waals surface area contributed by atoms with Gasteiger partial charge >= 0.3 is 0 Å². The highest BCUT2D eigenvalue weighted by Gasteiger charge is 2.41. The summed E-state index contributed by atoms with van der Waals surface area (Å²) in [5.41, 5.74) is 3.44. The molecule has 2 bridgehead atoms. The number of nitrogens with zero attached hydrogens (tertiary/aromatic N) is 3. The molecule has 1 aromatic heterocycles. The molecule has 6 nitrogen and oxygen atoms in total. The standard InChI is InChI=1S/C23H28N4O2S/c1-26-23(13-22(25-26)19-8-7-16-5-3-4-6-17(16)11-19)21-15-27-10-9-18(21)12-20(27)14-24-30(2,28)29/h3-8,11,13,18,20-21,24H,9-10,12,14-15H2,1-2H3. The zero-order valence-electron chi connectivity index (χ0n) is 17.5. The Bertz CT molecular complexity index is 1190. The summed E-state index contributed by atoms with van der Waals surface area (Å²) in [6, 6.07) is 17.5. The predicted octanol–water partition coefficient (Wildman–Crippen LogP) is 2.97. The monoisotopic (exact) mass is 424 g/mol. The molecule has 2 aromatic carbocycles. The Morgan fingerprint density at radius 3 is 2.67 bits per heavy atom. The molecule has 0 spiro atoms. The number of nitrogens with one attached hydrogen (secondary N) is 1. The second-order valence-corrected chi connectivity index (χ2v) is 10.6. The van der Waals surface area contributed by atoms with E-state index < -0.39 is 10.0 Å². The molecule has 158 valence electrons. The molecule has 7 heteroatoms. The molecular formula is C23H28N4O2S. The Labute approximate surface area is 177 Å². The average molecular weight is 425 g/mol. The van der Waals surface area contributed by atoms with E-state index in [0.717, 1.165) is 37.2 Å². The summed E-state index contributed by atoms with van der Waals surface area (Å²) in [6.07, 6.45) is 3.43. The van der Waals surface area contributed by atoms with Crippen molar-refractivity contribution in [1.29, 1.82) is 0 Å². The van der Waals surface area contributed by atoms with E-state index in [1.807, 2.05) is 11.7 Å². The Kier molecular flexibility index (Phi) is 4.92. The molecule has 6 rings (SSSR count). The molecule has 1 N–H and O–H groups in total. The van der Waals surface area contributed by atoms with Crippen molar-refractivity contribution in [3.8, 4) is 11.3 Å². The number of hydrogen-bond acceptors (Lipinski definition) is 4. The van der Waals surface area contributed by atoms with Crippen LogP contribution < -0.4 is 4.72 Å². The number of rotatable bonds is 5. The van der Waals surface area contributed by atoms with Gasteiger partial charge in [-0.25, -0.2) is 13.1 Å². The number of piperidine rings is 3. The third-order valence-corrected chi connectivity index (χ3v) is 7.49. The highest BCUT2D eigenvalue weighted by molar-refractivity contribution is 7.88. The zero-order valence-corrected chi connectivity index (χ0v) is 18.3. The van der Waals surface area contributed by atoms with Crippen LogP contribution >= 0.6 is 0 Å². The van der Waals surface area contributed by atoms with Gasteiger partial charge in [-0.3, -0.25) is 9.58 Å². The lowest BCUT2D eigenvalue weighted by molar-refractivity contribution is 0.0306. The van der Waals surface area contributed by atoms with E-state index in [4.69, 9.17) is 5.10 Å². The largest absolute Gasteiger partial charge is 0.298 e. The van der Waals surface area contributed by atoms with Gasteiger partial charge in [0.1, 0.15) is 0 Å². The SMILES string of the molecule is Cn1nc(-c2ccc3ccccc3c2)cc1C1CN2CCC1CC2CNS(C)(=O)=O. The molecular weight excluding hydrogens is 396 g/mol. The number of benzene rings is 2. The van der Waals surface area contributed by atoms with E-state index in [-0.39, 0.29) is 0 Å². The fraction of sp³-hybridized carbons (Fsp3) is 0.435. The van der Waals surface area contributed by atoms with Crippen molar-refractivity contribution in [2.45, 2.75) is 24.8 Å². The van der Waals surface area contributed by atoms with E-state index in [0.29, 0.717) is 24.4 Å². The second kappa shape index (κ2) is 7.48. The van der Waals surface area contributed by atoms with Gasteiger partial charge in [-0.2, -0.15) is 5.10 Å². The zero-order chi connectivity index (χ0) is 20.9. The summed E-state index contributed by atoms with van der Waals surface area (Å²) in [4.78, 5) is 2.45. The summed E-state index contributed by atoms with van der Waals surface area (Å²) in [5, 5.41) is 7.31. The van der Waals surface area contributed by atoms with Gasteiger partial charge in [0, 0.05) is 43.4 Å². The molecule has 4 heterocycles. The fourth-order valence-corrected chi connectivity index (χ4v) is 5.75. The van der Waals surface area contributed by atoms with Crippen LogP contribution in [-0.2, 0) is 17.1 Å². The molecule has 3 saturated heterocycles. The van der Waals surface area contributed by atoms with Crippen LogP contribution in [0.3, 0.4) is 0 Å². The topological polar surface area (TPSA) is 67.2 Å². The molecule has 0 saturated carbocycles. The van der Waals surface area contributed by atoms with Crippen LogP contribution in [-0.4, -0.2) is 55.0 Å². The smallest absolute Gasteiger partial charge is 0.208 e. The first-order chi connectivity index (χ1) is 14.4. The first kappa shape index (κ1) is 19.7. The Morgan fingerprint density at radius 2 is 1.93 bits per heavy atom. The van der Waals surface area contributed by atoms with Gasteiger partial charge in [-0.05, 0) is 48.2 Å². The van der Waals surface area contributed by atoms with Crippen LogP contribution in [0.1, 0.15) is 24.5 Å². The number of sulfonamides is 1. The summed E-state index contributed by atoms with van der Waals surface area (Å²) in [5.74, 6) is 1.01. The highest BCUT2D eigenvalue weighted by atomic mass is 32.2. The van der Waals surface area contributed by atoms with Crippen molar-refractivity contribution in [1.82, 2.24) is 19.4 Å². The van der Waals surface area contributed by atoms with Gasteiger partial charge in [0.15, 0.2) is 0 Å². The third kappa shape index (κ3) is 3.77. The molecule has 4 unspecified atom stereocenters. The Morgan fingerprint density at radius 1 is 1.13 bits per heavy atom. The molecule has 3 aliphatic rings. The molecule has 0 radical (unpaired) electrons. The van der Waals surface area contributed by atoms with Gasteiger partial charge in [0.25, 0.3) is 0 Å². The van der Waals surface area contributed by atoms with Crippen LogP contribution in [0.4, 0.5) is 0 Å². The molecule has 30 heavy (non-hydrogen) atoms. The van der Waals surface area contributed by atoms with E-state index in [1.54, 1.807) is 0 Å². The minimum Gasteiger partial charge on any atom is -0.298 e. The number of fused-ring (bicyclic) bond motifs is 4. The van der Waals surface area contributed by atoms with Gasteiger partial charge in [-0.15, -0.1) is 0 Å². The molecule has 0 aliphatic carbocycles. The number of hydrogen-bond donors (Lipinski definition) is 1. The fourth-order valence-electron chi connectivity index (χ4n) is 5.25. The molecule has 4 atom stereocenters. The maximum atomic E-state index is 11.5. The summed E-state index contributed by atoms with van der Waals surface area (Å²) in [6.45, 7) is 2.53. The maximum Gasteiger partial charge on any atom is 0.208 e. The van der Waals surface area contributed by atoms with Gasteiger partial charge in [0.2, 0.25) is 10.0 Å². The van der Waals surface area contributed by atoms with E-state index >= 15 is 0 Å². The lowest BCUT2D eigenvalue weighted by Crippen LogP contribution is -2.56. The summed E-state index contributed by atoms with van der Waals surface area (Å²) in [7, 11) is -1.10.